The fourth-order valence-electron chi connectivity index (χ4n) is 13.4. The lowest BCUT2D eigenvalue weighted by molar-refractivity contribution is -0.142. The molecule has 0 bridgehead atoms. The van der Waals surface area contributed by atoms with Gasteiger partial charge in [0.2, 0.25) is 0 Å². The molecule has 0 aromatic carbocycles. The van der Waals surface area contributed by atoms with E-state index in [0.717, 1.165) is 101 Å². The minimum absolute atomic E-state index is 0.0124. The zero-order chi connectivity index (χ0) is 29.7. The summed E-state index contributed by atoms with van der Waals surface area (Å²) in [5.41, 5.74) is 2.26. The molecule has 0 aromatic rings. The van der Waals surface area contributed by atoms with Crippen LogP contribution in [0.5, 0.6) is 0 Å². The van der Waals surface area contributed by atoms with Gasteiger partial charge in [-0.2, -0.15) is 0 Å². The summed E-state index contributed by atoms with van der Waals surface area (Å²) in [6, 6.07) is 0. The van der Waals surface area contributed by atoms with E-state index in [9.17, 15) is 19.8 Å². The number of hydrogen-bond acceptors (Lipinski definition) is 4. The maximum absolute atomic E-state index is 12.4. The van der Waals surface area contributed by atoms with Gasteiger partial charge in [-0.15, -0.1) is 0 Å². The summed E-state index contributed by atoms with van der Waals surface area (Å²) in [4.78, 5) is 24.7. The van der Waals surface area contributed by atoms with Gasteiger partial charge in [0.15, 0.2) is 0 Å². The van der Waals surface area contributed by atoms with Crippen molar-refractivity contribution in [3.05, 3.63) is 11.6 Å². The summed E-state index contributed by atoms with van der Waals surface area (Å²) < 4.78 is 0. The largest absolute Gasteiger partial charge is 0.393 e. The van der Waals surface area contributed by atoms with Crippen molar-refractivity contribution in [1.82, 2.24) is 0 Å². The van der Waals surface area contributed by atoms with Crippen molar-refractivity contribution < 1.29 is 19.8 Å². The Morgan fingerprint density at radius 3 is 1.88 bits per heavy atom. The van der Waals surface area contributed by atoms with Crippen molar-refractivity contribution in [2.24, 2.45) is 63.1 Å². The fourth-order valence-corrected chi connectivity index (χ4v) is 13.4. The number of ketones is 2. The lowest BCUT2D eigenvalue weighted by Gasteiger charge is -2.60. The van der Waals surface area contributed by atoms with Crippen molar-refractivity contribution >= 4 is 11.6 Å². The molecule has 4 nitrogen and oxygen atoms in total. The first kappa shape index (κ1) is 29.7. The standard InChI is InChI=1S/C19H30O2.C19H28O2/c2*1-18-9-7-13(20)11-12(18)3-4-14-15-5-6-17(21)19(15,2)10-8-16(14)18/h12-16,20H,3-11H2,1-2H3;3,13-16,20H,4-11H2,1-2H3/t12-,13+,14-,15-,16-,18-,19-;13-,14-,15-,16-,18-,19-/m00/s1. The van der Waals surface area contributed by atoms with Crippen molar-refractivity contribution in [1.29, 1.82) is 0 Å². The van der Waals surface area contributed by atoms with Crippen LogP contribution in [0.4, 0.5) is 0 Å². The van der Waals surface area contributed by atoms with Gasteiger partial charge in [0.1, 0.15) is 11.6 Å². The second-order valence-electron chi connectivity index (χ2n) is 17.6. The van der Waals surface area contributed by atoms with Crippen LogP contribution in [0.25, 0.3) is 0 Å². The number of aliphatic hydroxyl groups excluding tert-OH is 2. The Hall–Kier alpha value is -1.00. The molecule has 42 heavy (non-hydrogen) atoms. The highest BCUT2D eigenvalue weighted by Crippen LogP contribution is 2.66. The van der Waals surface area contributed by atoms with Gasteiger partial charge in [-0.25, -0.2) is 0 Å². The van der Waals surface area contributed by atoms with E-state index in [4.69, 9.17) is 0 Å². The predicted octanol–water partition coefficient (Wildman–Crippen LogP) is 7.84. The summed E-state index contributed by atoms with van der Waals surface area (Å²) in [5, 5.41) is 20.0. The van der Waals surface area contributed by atoms with Crippen LogP contribution in [-0.2, 0) is 9.59 Å². The molecule has 7 saturated carbocycles. The number of carbonyl (C=O) groups excluding carboxylic acids is 2. The first-order valence-corrected chi connectivity index (χ1v) is 18.0. The lowest BCUT2D eigenvalue weighted by atomic mass is 9.45. The molecule has 0 heterocycles. The van der Waals surface area contributed by atoms with Crippen molar-refractivity contribution in [2.75, 3.05) is 0 Å². The monoisotopic (exact) mass is 578 g/mol. The molecule has 0 spiro atoms. The number of fused-ring (bicyclic) bond motifs is 10. The number of carbonyl (C=O) groups is 2. The second kappa shape index (κ2) is 10.3. The maximum atomic E-state index is 12.4. The third kappa shape index (κ3) is 4.26. The average molecular weight is 579 g/mol. The quantitative estimate of drug-likeness (QED) is 0.287. The molecule has 0 aromatic heterocycles. The minimum atomic E-state index is -0.122. The van der Waals surface area contributed by atoms with Crippen LogP contribution >= 0.6 is 0 Å². The highest BCUT2D eigenvalue weighted by atomic mass is 16.3. The molecule has 0 aliphatic heterocycles. The Labute approximate surface area is 254 Å². The highest BCUT2D eigenvalue weighted by Gasteiger charge is 2.61. The molecule has 0 unspecified atom stereocenters. The van der Waals surface area contributed by atoms with Crippen molar-refractivity contribution in [3.8, 4) is 0 Å². The van der Waals surface area contributed by atoms with Crippen LogP contribution in [0.15, 0.2) is 11.6 Å². The highest BCUT2D eigenvalue weighted by molar-refractivity contribution is 5.87. The van der Waals surface area contributed by atoms with E-state index in [2.05, 4.69) is 33.8 Å². The van der Waals surface area contributed by atoms with Gasteiger partial charge in [0.05, 0.1) is 12.2 Å². The Bertz CT molecular complexity index is 1140. The zero-order valence-corrected chi connectivity index (χ0v) is 27.0. The summed E-state index contributed by atoms with van der Waals surface area (Å²) >= 11 is 0. The van der Waals surface area contributed by atoms with Crippen LogP contribution in [0.1, 0.15) is 137 Å². The molecule has 8 aliphatic rings. The van der Waals surface area contributed by atoms with Gasteiger partial charge in [-0.1, -0.05) is 39.3 Å². The molecule has 2 N–H and O–H groups in total. The fraction of sp³-hybridized carbons (Fsp3) is 0.895. The van der Waals surface area contributed by atoms with Crippen molar-refractivity contribution in [3.63, 3.8) is 0 Å². The van der Waals surface area contributed by atoms with Crippen LogP contribution < -0.4 is 0 Å². The topological polar surface area (TPSA) is 74.6 Å². The molecule has 0 radical (unpaired) electrons. The molecule has 0 saturated heterocycles. The molecule has 234 valence electrons. The first-order valence-electron chi connectivity index (χ1n) is 18.0. The maximum Gasteiger partial charge on any atom is 0.139 e. The smallest absolute Gasteiger partial charge is 0.139 e. The Morgan fingerprint density at radius 2 is 1.19 bits per heavy atom. The normalized spacial score (nSPS) is 54.6. The van der Waals surface area contributed by atoms with Crippen LogP contribution in [0.2, 0.25) is 0 Å². The zero-order valence-electron chi connectivity index (χ0n) is 27.0. The van der Waals surface area contributed by atoms with E-state index < -0.39 is 0 Å². The third-order valence-corrected chi connectivity index (χ3v) is 16.1. The van der Waals surface area contributed by atoms with Gasteiger partial charge < -0.3 is 10.2 Å². The van der Waals surface area contributed by atoms with Crippen LogP contribution in [0.3, 0.4) is 0 Å². The Morgan fingerprint density at radius 1 is 0.619 bits per heavy atom. The average Bonchev–Trinajstić information content (AvgIpc) is 3.44. The van der Waals surface area contributed by atoms with Crippen LogP contribution in [0, 0.1) is 63.1 Å². The van der Waals surface area contributed by atoms with Gasteiger partial charge in [-0.05, 0) is 149 Å². The second-order valence-corrected chi connectivity index (χ2v) is 17.6. The Balaban J connectivity index is 0.000000137. The molecule has 7 fully saturated rings. The van der Waals surface area contributed by atoms with E-state index in [-0.39, 0.29) is 23.0 Å². The number of rotatable bonds is 0. The summed E-state index contributed by atoms with van der Waals surface area (Å²) in [7, 11) is 0. The van der Waals surface area contributed by atoms with E-state index >= 15 is 0 Å². The summed E-state index contributed by atoms with van der Waals surface area (Å²) in [5.74, 6) is 6.14. The minimum Gasteiger partial charge on any atom is -0.393 e. The molecule has 8 rings (SSSR count). The number of allylic oxidation sites excluding steroid dienone is 1. The number of hydrogen-bond donors (Lipinski definition) is 2. The van der Waals surface area contributed by atoms with E-state index in [0.29, 0.717) is 40.2 Å². The van der Waals surface area contributed by atoms with Crippen molar-refractivity contribution in [2.45, 2.75) is 149 Å². The molecule has 0 amide bonds. The molecule has 8 aliphatic carbocycles. The van der Waals surface area contributed by atoms with Gasteiger partial charge >= 0.3 is 0 Å². The van der Waals surface area contributed by atoms with Gasteiger partial charge in [0, 0.05) is 23.7 Å². The third-order valence-electron chi connectivity index (χ3n) is 16.1. The molecular weight excluding hydrogens is 520 g/mol. The number of aliphatic hydroxyl groups is 2. The molecular formula is C38H58O4. The van der Waals surface area contributed by atoms with E-state index in [1.807, 2.05) is 0 Å². The SMILES string of the molecule is C[C@]12CC[C@@H](O)C[C@@H]1CC[C@@H]1[C@@H]2CC[C@]2(C)C(=O)CC[C@@H]12.C[C@]12CC[C@H](O)CC1=CC[C@@H]1[C@@H]2CC[C@]2(C)C(=O)CC[C@@H]12. The predicted molar refractivity (Wildman–Crippen MR) is 165 cm³/mol. The van der Waals surface area contributed by atoms with E-state index in [1.165, 1.54) is 37.7 Å². The van der Waals surface area contributed by atoms with E-state index in [1.54, 1.807) is 0 Å². The molecule has 13 atom stereocenters. The summed E-state index contributed by atoms with van der Waals surface area (Å²) in [6.07, 6.45) is 20.9. The first-order chi connectivity index (χ1) is 19.9. The Kier molecular flexibility index (Phi) is 7.26. The lowest BCUT2D eigenvalue weighted by Crippen LogP contribution is -2.54. The van der Waals surface area contributed by atoms with Crippen LogP contribution in [-0.4, -0.2) is 34.0 Å². The number of Topliss-reactive ketones (excluding diaryl/α,β-unsaturated/α-hetero) is 2. The van der Waals surface area contributed by atoms with Gasteiger partial charge in [-0.3, -0.25) is 9.59 Å². The van der Waals surface area contributed by atoms with Gasteiger partial charge in [0.25, 0.3) is 0 Å². The molecule has 4 heteroatoms. The summed E-state index contributed by atoms with van der Waals surface area (Å²) in [6.45, 7) is 9.47.